The number of ether oxygens (including phenoxy) is 1. The highest BCUT2D eigenvalue weighted by molar-refractivity contribution is 6.32. The van der Waals surface area contributed by atoms with Crippen molar-refractivity contribution < 1.29 is 14.3 Å². The molecule has 0 aliphatic heterocycles. The van der Waals surface area contributed by atoms with Gasteiger partial charge in [0.05, 0.1) is 11.1 Å². The summed E-state index contributed by atoms with van der Waals surface area (Å²) in [5.41, 5.74) is 1.73. The van der Waals surface area contributed by atoms with Gasteiger partial charge in [0.25, 0.3) is 5.91 Å². The molecule has 1 fully saturated rings. The van der Waals surface area contributed by atoms with Crippen LogP contribution in [0.5, 0.6) is 5.75 Å². The summed E-state index contributed by atoms with van der Waals surface area (Å²) in [5.74, 6) is 0.243. The Labute approximate surface area is 157 Å². The molecule has 26 heavy (non-hydrogen) atoms. The van der Waals surface area contributed by atoms with Gasteiger partial charge in [-0.05, 0) is 68.1 Å². The summed E-state index contributed by atoms with van der Waals surface area (Å²) in [6, 6.07) is 11.9. The maximum atomic E-state index is 12.3. The molecule has 2 N–H and O–H groups in total. The quantitative estimate of drug-likeness (QED) is 0.786. The normalized spacial score (nSPS) is 14.1. The van der Waals surface area contributed by atoms with Crippen molar-refractivity contribution in [2.24, 2.45) is 0 Å². The van der Waals surface area contributed by atoms with Crippen LogP contribution in [0.1, 0.15) is 43.0 Å². The van der Waals surface area contributed by atoms with Gasteiger partial charge in [-0.3, -0.25) is 9.59 Å². The van der Waals surface area contributed by atoms with E-state index in [1.165, 1.54) is 19.8 Å². The lowest BCUT2D eigenvalue weighted by atomic mass is 10.2. The molecule has 2 aromatic carbocycles. The minimum atomic E-state index is -0.250. The Balaban J connectivity index is 1.63. The van der Waals surface area contributed by atoms with Crippen LogP contribution in [0.15, 0.2) is 42.5 Å². The maximum absolute atomic E-state index is 12.3. The molecule has 5 nitrogen and oxygen atoms in total. The first-order valence-electron chi connectivity index (χ1n) is 8.66. The topological polar surface area (TPSA) is 67.4 Å². The van der Waals surface area contributed by atoms with E-state index in [2.05, 4.69) is 10.6 Å². The van der Waals surface area contributed by atoms with E-state index in [0.717, 1.165) is 12.8 Å². The molecule has 1 aliphatic carbocycles. The first-order chi connectivity index (χ1) is 12.5. The lowest BCUT2D eigenvalue weighted by Crippen LogP contribution is -2.13. The number of halogens is 1. The lowest BCUT2D eigenvalue weighted by Gasteiger charge is -2.15. The highest BCUT2D eigenvalue weighted by atomic mass is 35.5. The Kier molecular flexibility index (Phi) is 5.78. The molecule has 0 radical (unpaired) electrons. The molecule has 0 unspecified atom stereocenters. The molecule has 1 saturated carbocycles. The average Bonchev–Trinajstić information content (AvgIpc) is 3.10. The van der Waals surface area contributed by atoms with E-state index >= 15 is 0 Å². The fourth-order valence-electron chi connectivity index (χ4n) is 2.97. The van der Waals surface area contributed by atoms with Crippen molar-refractivity contribution in [3.8, 4) is 5.75 Å². The van der Waals surface area contributed by atoms with Gasteiger partial charge in [-0.1, -0.05) is 11.6 Å². The van der Waals surface area contributed by atoms with Gasteiger partial charge in [0.1, 0.15) is 5.75 Å². The summed E-state index contributed by atoms with van der Waals surface area (Å²) in [7, 11) is 0. The second-order valence-corrected chi connectivity index (χ2v) is 6.79. The number of anilines is 2. The minimum absolute atomic E-state index is 0.156. The number of hydrogen-bond donors (Lipinski definition) is 2. The number of amides is 2. The van der Waals surface area contributed by atoms with Gasteiger partial charge in [-0.2, -0.15) is 0 Å². The summed E-state index contributed by atoms with van der Waals surface area (Å²) in [6.45, 7) is 1.43. The van der Waals surface area contributed by atoms with Crippen molar-refractivity contribution in [3.63, 3.8) is 0 Å². The van der Waals surface area contributed by atoms with E-state index < -0.39 is 0 Å². The van der Waals surface area contributed by atoms with Crippen molar-refractivity contribution in [3.05, 3.63) is 53.1 Å². The van der Waals surface area contributed by atoms with Gasteiger partial charge in [0, 0.05) is 23.9 Å². The highest BCUT2D eigenvalue weighted by Crippen LogP contribution is 2.31. The van der Waals surface area contributed by atoms with Crippen LogP contribution in [0.2, 0.25) is 5.02 Å². The van der Waals surface area contributed by atoms with Crippen LogP contribution in [0, 0.1) is 0 Å². The molecule has 136 valence electrons. The largest absolute Gasteiger partial charge is 0.489 e. The third kappa shape index (κ3) is 4.76. The first-order valence-corrected chi connectivity index (χ1v) is 9.04. The van der Waals surface area contributed by atoms with E-state index in [0.29, 0.717) is 27.7 Å². The monoisotopic (exact) mass is 372 g/mol. The lowest BCUT2D eigenvalue weighted by molar-refractivity contribution is -0.114. The van der Waals surface area contributed by atoms with Crippen molar-refractivity contribution in [1.82, 2.24) is 0 Å². The van der Waals surface area contributed by atoms with E-state index in [4.69, 9.17) is 16.3 Å². The van der Waals surface area contributed by atoms with Gasteiger partial charge in [0.15, 0.2) is 0 Å². The van der Waals surface area contributed by atoms with Crippen molar-refractivity contribution >= 4 is 34.8 Å². The number of rotatable bonds is 5. The van der Waals surface area contributed by atoms with Crippen LogP contribution in [0.4, 0.5) is 11.4 Å². The summed E-state index contributed by atoms with van der Waals surface area (Å²) in [5, 5.41) is 5.96. The summed E-state index contributed by atoms with van der Waals surface area (Å²) >= 11 is 6.29. The molecule has 1 aliphatic rings. The molecule has 0 heterocycles. The van der Waals surface area contributed by atoms with Crippen LogP contribution in [-0.2, 0) is 4.79 Å². The van der Waals surface area contributed by atoms with Gasteiger partial charge in [0.2, 0.25) is 5.91 Å². The number of nitrogens with one attached hydrogen (secondary N) is 2. The maximum Gasteiger partial charge on any atom is 0.255 e. The van der Waals surface area contributed by atoms with Gasteiger partial charge in [-0.25, -0.2) is 0 Å². The van der Waals surface area contributed by atoms with Gasteiger partial charge >= 0.3 is 0 Å². The van der Waals surface area contributed by atoms with Gasteiger partial charge in [-0.15, -0.1) is 0 Å². The van der Waals surface area contributed by atoms with E-state index in [9.17, 15) is 9.59 Å². The SMILES string of the molecule is CC(=O)Nc1ccc(C(=O)Nc2ccc(OC3CCCC3)c(Cl)c2)cc1. The Morgan fingerprint density at radius 3 is 2.27 bits per heavy atom. The molecule has 3 rings (SSSR count). The highest BCUT2D eigenvalue weighted by Gasteiger charge is 2.18. The van der Waals surface area contributed by atoms with Crippen LogP contribution >= 0.6 is 11.6 Å². The second-order valence-electron chi connectivity index (χ2n) is 6.38. The Hall–Kier alpha value is -2.53. The molecule has 0 aromatic heterocycles. The Bertz CT molecular complexity index is 799. The van der Waals surface area contributed by atoms with Crippen LogP contribution in [0.25, 0.3) is 0 Å². The summed E-state index contributed by atoms with van der Waals surface area (Å²) < 4.78 is 5.92. The van der Waals surface area contributed by atoms with Crippen LogP contribution < -0.4 is 15.4 Å². The zero-order valence-corrected chi connectivity index (χ0v) is 15.3. The Morgan fingerprint density at radius 2 is 1.65 bits per heavy atom. The van der Waals surface area contributed by atoms with E-state index in [1.807, 2.05) is 0 Å². The van der Waals surface area contributed by atoms with Crippen molar-refractivity contribution in [2.45, 2.75) is 38.7 Å². The van der Waals surface area contributed by atoms with Gasteiger partial charge < -0.3 is 15.4 Å². The molecular formula is C20H21ClN2O3. The predicted molar refractivity (Wildman–Crippen MR) is 103 cm³/mol. The third-order valence-corrected chi connectivity index (χ3v) is 4.55. The van der Waals surface area contributed by atoms with Crippen molar-refractivity contribution in [1.29, 1.82) is 0 Å². The predicted octanol–water partition coefficient (Wildman–Crippen LogP) is 4.87. The average molecular weight is 373 g/mol. The Morgan fingerprint density at radius 1 is 1.00 bits per heavy atom. The minimum Gasteiger partial charge on any atom is -0.489 e. The third-order valence-electron chi connectivity index (χ3n) is 4.25. The van der Waals surface area contributed by atoms with Crippen LogP contribution in [0.3, 0.4) is 0 Å². The molecule has 0 spiro atoms. The van der Waals surface area contributed by atoms with E-state index in [1.54, 1.807) is 42.5 Å². The number of benzene rings is 2. The van der Waals surface area contributed by atoms with Crippen LogP contribution in [-0.4, -0.2) is 17.9 Å². The molecule has 0 saturated heterocycles. The number of hydrogen-bond acceptors (Lipinski definition) is 3. The fraction of sp³-hybridized carbons (Fsp3) is 0.300. The molecular weight excluding hydrogens is 352 g/mol. The molecule has 2 amide bonds. The fourth-order valence-corrected chi connectivity index (χ4v) is 3.20. The smallest absolute Gasteiger partial charge is 0.255 e. The zero-order valence-electron chi connectivity index (χ0n) is 14.5. The molecule has 2 aromatic rings. The zero-order chi connectivity index (χ0) is 18.5. The standard InChI is InChI=1S/C20H21ClN2O3/c1-13(24)22-15-8-6-14(7-9-15)20(25)23-16-10-11-19(18(21)12-16)26-17-4-2-3-5-17/h6-12,17H,2-5H2,1H3,(H,22,24)(H,23,25). The first kappa shape index (κ1) is 18.3. The molecule has 0 atom stereocenters. The summed E-state index contributed by atoms with van der Waals surface area (Å²) in [4.78, 5) is 23.4. The molecule has 0 bridgehead atoms. The van der Waals surface area contributed by atoms with E-state index in [-0.39, 0.29) is 17.9 Å². The number of carbonyl (C=O) groups is 2. The second kappa shape index (κ2) is 8.23. The number of carbonyl (C=O) groups excluding carboxylic acids is 2. The summed E-state index contributed by atoms with van der Waals surface area (Å²) in [6.07, 6.45) is 4.73. The van der Waals surface area contributed by atoms with Crippen molar-refractivity contribution in [2.75, 3.05) is 10.6 Å². The molecule has 6 heteroatoms.